The highest BCUT2D eigenvalue weighted by Gasteiger charge is 2.43. The van der Waals surface area contributed by atoms with Gasteiger partial charge in [0.1, 0.15) is 18.4 Å². The van der Waals surface area contributed by atoms with Gasteiger partial charge in [0.05, 0.1) is 6.10 Å². The zero-order valence-electron chi connectivity index (χ0n) is 22.6. The second-order valence-corrected chi connectivity index (χ2v) is 12.0. The van der Waals surface area contributed by atoms with Gasteiger partial charge in [-0.2, -0.15) is 0 Å². The Labute approximate surface area is 210 Å². The maximum absolute atomic E-state index is 15.0. The van der Waals surface area contributed by atoms with Crippen LogP contribution in [0.15, 0.2) is 0 Å². The second kappa shape index (κ2) is 15.2. The molecule has 3 atom stereocenters. The van der Waals surface area contributed by atoms with Crippen LogP contribution in [0.2, 0.25) is 0 Å². The first-order valence-corrected chi connectivity index (χ1v) is 15.1. The van der Waals surface area contributed by atoms with Crippen molar-refractivity contribution in [3.8, 4) is 0 Å². The van der Waals surface area contributed by atoms with Gasteiger partial charge in [0.15, 0.2) is 0 Å². The molecule has 1 nitrogen and oxygen atoms in total. The average molecular weight is 481 g/mol. The third kappa shape index (κ3) is 8.74. The highest BCUT2D eigenvalue weighted by molar-refractivity contribution is 5.10. The van der Waals surface area contributed by atoms with Crippen LogP contribution in [-0.2, 0) is 4.74 Å². The van der Waals surface area contributed by atoms with E-state index in [9.17, 15) is 0 Å². The van der Waals surface area contributed by atoms with Crippen molar-refractivity contribution in [1.29, 1.82) is 0 Å². The van der Waals surface area contributed by atoms with E-state index in [2.05, 4.69) is 13.8 Å². The van der Waals surface area contributed by atoms with E-state index in [4.69, 9.17) is 4.74 Å². The second-order valence-electron chi connectivity index (χ2n) is 12.0. The van der Waals surface area contributed by atoms with Crippen LogP contribution in [0.3, 0.4) is 0 Å². The van der Waals surface area contributed by atoms with Crippen LogP contribution in [0.1, 0.15) is 143 Å². The zero-order chi connectivity index (χ0) is 24.3. The van der Waals surface area contributed by atoms with E-state index < -0.39 is 18.4 Å². The van der Waals surface area contributed by atoms with Crippen LogP contribution >= 0.6 is 0 Å². The van der Waals surface area contributed by atoms with E-state index in [0.717, 1.165) is 37.5 Å². The van der Waals surface area contributed by atoms with Crippen molar-refractivity contribution in [2.24, 2.45) is 17.8 Å². The summed E-state index contributed by atoms with van der Waals surface area (Å²) in [5, 5.41) is 0. The van der Waals surface area contributed by atoms with Gasteiger partial charge in [-0.05, 0) is 107 Å². The first-order chi connectivity index (χ1) is 16.5. The smallest absolute Gasteiger partial charge is 0.129 e. The van der Waals surface area contributed by atoms with Gasteiger partial charge in [-0.25, -0.2) is 8.78 Å². The predicted molar refractivity (Wildman–Crippen MR) is 140 cm³/mol. The molecule has 0 bridgehead atoms. The van der Waals surface area contributed by atoms with Gasteiger partial charge in [0.2, 0.25) is 0 Å². The Morgan fingerprint density at radius 2 is 1.29 bits per heavy atom. The lowest BCUT2D eigenvalue weighted by Gasteiger charge is -2.42. The summed E-state index contributed by atoms with van der Waals surface area (Å²) in [4.78, 5) is 0. The minimum Gasteiger partial charge on any atom is -0.369 e. The molecule has 3 rings (SSSR count). The Kier molecular flexibility index (Phi) is 12.7. The summed E-state index contributed by atoms with van der Waals surface area (Å²) in [7, 11) is 0. The van der Waals surface area contributed by atoms with E-state index >= 15 is 8.78 Å². The minimum absolute atomic E-state index is 0.0447. The molecule has 3 heteroatoms. The molecule has 0 N–H and O–H groups in total. The maximum atomic E-state index is 15.0. The minimum atomic E-state index is -1.16. The standard InChI is InChI=1S/C31H54F2O/c1-4-6-8-10-11-23(3)34-31-29(32)21-28(22-30(31)33)27-19-17-26(18-20-27)25-15-13-24(14-16-25)12-9-7-5-2/h23-24,26,28-31H,4-22H2,1-3H3. The fourth-order valence-electron chi connectivity index (χ4n) is 7.07. The Morgan fingerprint density at radius 1 is 0.735 bits per heavy atom. The van der Waals surface area contributed by atoms with E-state index in [1.165, 1.54) is 89.4 Å². The van der Waals surface area contributed by atoms with Gasteiger partial charge in [0.25, 0.3) is 0 Å². The molecule has 0 aromatic carbocycles. The van der Waals surface area contributed by atoms with E-state index in [1.54, 1.807) is 0 Å². The molecule has 0 heterocycles. The zero-order valence-corrected chi connectivity index (χ0v) is 22.6. The molecule has 3 aliphatic carbocycles. The molecule has 2 radical (unpaired) electrons. The summed E-state index contributed by atoms with van der Waals surface area (Å²) in [6, 6.07) is 0. The topological polar surface area (TPSA) is 9.23 Å². The van der Waals surface area contributed by atoms with Gasteiger partial charge in [-0.3, -0.25) is 0 Å². The Balaban J connectivity index is 1.35. The summed E-state index contributed by atoms with van der Waals surface area (Å²) in [5.74, 6) is 5.14. The monoisotopic (exact) mass is 480 g/mol. The van der Waals surface area contributed by atoms with Crippen molar-refractivity contribution in [3.63, 3.8) is 0 Å². The Bertz CT molecular complexity index is 512. The van der Waals surface area contributed by atoms with Crippen molar-refractivity contribution < 1.29 is 13.5 Å². The van der Waals surface area contributed by atoms with Gasteiger partial charge in [-0.15, -0.1) is 0 Å². The Hall–Kier alpha value is -0.180. The maximum Gasteiger partial charge on any atom is 0.129 e. The fraction of sp³-hybridized carbons (Fsp3) is 0.935. The number of rotatable bonds is 13. The molecule has 0 amide bonds. The number of halogens is 2. The number of alkyl halides is 2. The highest BCUT2D eigenvalue weighted by atomic mass is 19.1. The molecule has 3 saturated carbocycles. The number of unbranched alkanes of at least 4 members (excludes halogenated alkanes) is 5. The van der Waals surface area contributed by atoms with Crippen molar-refractivity contribution in [2.75, 3.05) is 0 Å². The molecule has 0 saturated heterocycles. The van der Waals surface area contributed by atoms with Crippen molar-refractivity contribution in [3.05, 3.63) is 11.8 Å². The van der Waals surface area contributed by atoms with Crippen molar-refractivity contribution in [1.82, 2.24) is 0 Å². The lowest BCUT2D eigenvalue weighted by Crippen LogP contribution is -2.45. The summed E-state index contributed by atoms with van der Waals surface area (Å²) in [6.07, 6.45) is 19.1. The van der Waals surface area contributed by atoms with Crippen molar-refractivity contribution in [2.45, 2.75) is 167 Å². The molecule has 34 heavy (non-hydrogen) atoms. The van der Waals surface area contributed by atoms with Crippen LogP contribution in [0, 0.1) is 29.6 Å². The number of hydrogen-bond acceptors (Lipinski definition) is 1. The quantitative estimate of drug-likeness (QED) is 0.238. The molecule has 198 valence electrons. The lowest BCUT2D eigenvalue weighted by atomic mass is 9.65. The summed E-state index contributed by atoms with van der Waals surface area (Å²) >= 11 is 0. The van der Waals surface area contributed by atoms with Crippen LogP contribution in [-0.4, -0.2) is 24.6 Å². The summed E-state index contributed by atoms with van der Waals surface area (Å²) in [5.41, 5.74) is 0. The molecular formula is C31H54F2O. The SMILES string of the molecule is CCCCCCC(C)OC1C(F)CC([C]2CCC([C]3CCC(CCCCC)CC3)CC2)CC1F. The number of ether oxygens (including phenoxy) is 1. The average Bonchev–Trinajstić information content (AvgIpc) is 2.85. The third-order valence-corrected chi connectivity index (χ3v) is 9.33. The molecule has 0 aromatic heterocycles. The van der Waals surface area contributed by atoms with Crippen LogP contribution < -0.4 is 0 Å². The fourth-order valence-corrected chi connectivity index (χ4v) is 7.07. The van der Waals surface area contributed by atoms with Gasteiger partial charge < -0.3 is 4.74 Å². The Morgan fingerprint density at radius 3 is 1.91 bits per heavy atom. The van der Waals surface area contributed by atoms with Gasteiger partial charge >= 0.3 is 0 Å². The molecule has 0 spiro atoms. The van der Waals surface area contributed by atoms with Gasteiger partial charge in [0, 0.05) is 0 Å². The normalized spacial score (nSPS) is 31.7. The third-order valence-electron chi connectivity index (χ3n) is 9.33. The first kappa shape index (κ1) is 28.4. The van der Waals surface area contributed by atoms with E-state index in [1.807, 2.05) is 12.8 Å². The molecule has 3 aliphatic rings. The van der Waals surface area contributed by atoms with Crippen LogP contribution in [0.4, 0.5) is 8.78 Å². The molecule has 3 fully saturated rings. The highest BCUT2D eigenvalue weighted by Crippen LogP contribution is 2.48. The van der Waals surface area contributed by atoms with E-state index in [0.29, 0.717) is 12.8 Å². The van der Waals surface area contributed by atoms with E-state index in [-0.39, 0.29) is 12.0 Å². The molecular weight excluding hydrogens is 426 g/mol. The number of hydrogen-bond donors (Lipinski definition) is 0. The molecule has 0 aliphatic heterocycles. The van der Waals surface area contributed by atoms with Gasteiger partial charge in [-0.1, -0.05) is 65.2 Å². The predicted octanol–water partition coefficient (Wildman–Crippen LogP) is 9.93. The largest absolute Gasteiger partial charge is 0.369 e. The molecule has 0 aromatic rings. The molecule has 3 unspecified atom stereocenters. The van der Waals surface area contributed by atoms with Crippen molar-refractivity contribution >= 4 is 0 Å². The lowest BCUT2D eigenvalue weighted by molar-refractivity contribution is -0.110. The summed E-state index contributed by atoms with van der Waals surface area (Å²) in [6.45, 7) is 6.48. The van der Waals surface area contributed by atoms with Crippen LogP contribution in [0.25, 0.3) is 0 Å². The summed E-state index contributed by atoms with van der Waals surface area (Å²) < 4.78 is 36.0. The first-order valence-electron chi connectivity index (χ1n) is 15.1. The van der Waals surface area contributed by atoms with Crippen LogP contribution in [0.5, 0.6) is 0 Å².